The molecule has 0 bridgehead atoms. The lowest BCUT2D eigenvalue weighted by molar-refractivity contribution is 0.460. The van der Waals surface area contributed by atoms with Crippen molar-refractivity contribution in [2.24, 2.45) is 0 Å². The van der Waals surface area contributed by atoms with Gasteiger partial charge in [0.15, 0.2) is 0 Å². The van der Waals surface area contributed by atoms with Crippen molar-refractivity contribution in [3.8, 4) is 11.5 Å². The average Bonchev–Trinajstić information content (AvgIpc) is 2.46. The first kappa shape index (κ1) is 15.5. The molecule has 1 aromatic carbocycles. The maximum atomic E-state index is 6.18. The van der Waals surface area contributed by atoms with Crippen LogP contribution in [0, 0.1) is 20.8 Å². The van der Waals surface area contributed by atoms with E-state index in [-0.39, 0.29) is 0 Å². The highest BCUT2D eigenvalue weighted by molar-refractivity contribution is 5.47. The molecule has 1 heterocycles. The van der Waals surface area contributed by atoms with Gasteiger partial charge in [-0.2, -0.15) is 0 Å². The molecule has 0 unspecified atom stereocenters. The maximum Gasteiger partial charge on any atom is 0.150 e. The Balaban J connectivity index is 2.30. The topological polar surface area (TPSA) is 34.1 Å². The molecular weight excluding hydrogens is 260 g/mol. The van der Waals surface area contributed by atoms with Crippen LogP contribution in [0.25, 0.3) is 0 Å². The summed E-state index contributed by atoms with van der Waals surface area (Å²) in [6.45, 7) is 11.3. The van der Waals surface area contributed by atoms with Gasteiger partial charge >= 0.3 is 0 Å². The Morgan fingerprint density at radius 3 is 2.52 bits per heavy atom. The van der Waals surface area contributed by atoms with Crippen molar-refractivity contribution in [1.82, 2.24) is 10.3 Å². The van der Waals surface area contributed by atoms with Crippen molar-refractivity contribution in [2.75, 3.05) is 0 Å². The molecule has 2 rings (SSSR count). The van der Waals surface area contributed by atoms with Crippen LogP contribution >= 0.6 is 0 Å². The minimum absolute atomic E-state index is 0.438. The molecular formula is C18H24N2O. The number of benzene rings is 1. The van der Waals surface area contributed by atoms with E-state index >= 15 is 0 Å². The number of aromatic nitrogens is 1. The van der Waals surface area contributed by atoms with E-state index in [2.05, 4.69) is 57.1 Å². The van der Waals surface area contributed by atoms with Gasteiger partial charge in [0.25, 0.3) is 0 Å². The zero-order valence-corrected chi connectivity index (χ0v) is 13.5. The van der Waals surface area contributed by atoms with E-state index in [1.165, 1.54) is 11.1 Å². The first-order valence-electron chi connectivity index (χ1n) is 7.40. The SMILES string of the molecule is Cc1ccc(C)c(Oc2cnccc2CNC(C)C)c1C. The van der Waals surface area contributed by atoms with Gasteiger partial charge < -0.3 is 10.1 Å². The van der Waals surface area contributed by atoms with Gasteiger partial charge in [0.2, 0.25) is 0 Å². The van der Waals surface area contributed by atoms with Crippen LogP contribution in [0.3, 0.4) is 0 Å². The van der Waals surface area contributed by atoms with Gasteiger partial charge in [-0.3, -0.25) is 4.98 Å². The Hall–Kier alpha value is -1.87. The van der Waals surface area contributed by atoms with E-state index in [9.17, 15) is 0 Å². The summed E-state index contributed by atoms with van der Waals surface area (Å²) in [5.41, 5.74) is 4.69. The number of aryl methyl sites for hydroxylation is 2. The normalized spacial score (nSPS) is 11.0. The average molecular weight is 284 g/mol. The highest BCUT2D eigenvalue weighted by Gasteiger charge is 2.11. The van der Waals surface area contributed by atoms with Gasteiger partial charge in [-0.25, -0.2) is 0 Å². The summed E-state index contributed by atoms with van der Waals surface area (Å²) in [7, 11) is 0. The maximum absolute atomic E-state index is 6.18. The van der Waals surface area contributed by atoms with E-state index in [1.54, 1.807) is 12.4 Å². The Morgan fingerprint density at radius 2 is 1.81 bits per heavy atom. The van der Waals surface area contributed by atoms with Crippen LogP contribution in [0.1, 0.15) is 36.1 Å². The van der Waals surface area contributed by atoms with Crippen molar-refractivity contribution in [3.05, 3.63) is 52.8 Å². The van der Waals surface area contributed by atoms with E-state index in [4.69, 9.17) is 4.74 Å². The van der Waals surface area contributed by atoms with Crippen molar-refractivity contribution in [1.29, 1.82) is 0 Å². The zero-order valence-electron chi connectivity index (χ0n) is 13.5. The van der Waals surface area contributed by atoms with E-state index in [0.717, 1.165) is 29.2 Å². The van der Waals surface area contributed by atoms with Crippen molar-refractivity contribution >= 4 is 0 Å². The zero-order chi connectivity index (χ0) is 15.4. The lowest BCUT2D eigenvalue weighted by atomic mass is 10.1. The fraction of sp³-hybridized carbons (Fsp3) is 0.389. The van der Waals surface area contributed by atoms with Crippen molar-refractivity contribution in [3.63, 3.8) is 0 Å². The highest BCUT2D eigenvalue weighted by atomic mass is 16.5. The molecule has 0 radical (unpaired) electrons. The third-order valence-corrected chi connectivity index (χ3v) is 3.66. The predicted octanol–water partition coefficient (Wildman–Crippen LogP) is 4.30. The summed E-state index contributed by atoms with van der Waals surface area (Å²) in [5, 5.41) is 3.42. The first-order valence-corrected chi connectivity index (χ1v) is 7.40. The van der Waals surface area contributed by atoms with Crippen LogP contribution < -0.4 is 10.1 Å². The smallest absolute Gasteiger partial charge is 0.150 e. The van der Waals surface area contributed by atoms with Crippen LogP contribution in [-0.2, 0) is 6.54 Å². The summed E-state index contributed by atoms with van der Waals surface area (Å²) in [5.74, 6) is 1.76. The molecule has 1 N–H and O–H groups in total. The van der Waals surface area contributed by atoms with Gasteiger partial charge in [0.1, 0.15) is 11.5 Å². The molecule has 0 atom stereocenters. The highest BCUT2D eigenvalue weighted by Crippen LogP contribution is 2.31. The summed E-state index contributed by atoms with van der Waals surface area (Å²) >= 11 is 0. The Bertz CT molecular complexity index is 621. The fourth-order valence-corrected chi connectivity index (χ4v) is 2.15. The Morgan fingerprint density at radius 1 is 1.10 bits per heavy atom. The number of ether oxygens (including phenoxy) is 1. The molecule has 0 aliphatic heterocycles. The molecule has 21 heavy (non-hydrogen) atoms. The summed E-state index contributed by atoms with van der Waals surface area (Å²) in [4.78, 5) is 4.20. The fourth-order valence-electron chi connectivity index (χ4n) is 2.15. The molecule has 0 spiro atoms. The second-order valence-corrected chi connectivity index (χ2v) is 5.77. The molecule has 0 amide bonds. The first-order chi connectivity index (χ1) is 9.99. The number of nitrogens with one attached hydrogen (secondary N) is 1. The lowest BCUT2D eigenvalue weighted by Gasteiger charge is -2.16. The molecule has 0 fully saturated rings. The largest absolute Gasteiger partial charge is 0.455 e. The third-order valence-electron chi connectivity index (χ3n) is 3.66. The van der Waals surface area contributed by atoms with Gasteiger partial charge in [-0.05, 0) is 43.5 Å². The molecule has 0 aliphatic carbocycles. The number of pyridine rings is 1. The van der Waals surface area contributed by atoms with Crippen LogP contribution in [0.5, 0.6) is 11.5 Å². The minimum Gasteiger partial charge on any atom is -0.455 e. The summed E-state index contributed by atoms with van der Waals surface area (Å²) in [6.07, 6.45) is 3.60. The summed E-state index contributed by atoms with van der Waals surface area (Å²) < 4.78 is 6.18. The Labute approximate surface area is 127 Å². The van der Waals surface area contributed by atoms with Gasteiger partial charge in [0, 0.05) is 24.3 Å². The van der Waals surface area contributed by atoms with Crippen molar-refractivity contribution in [2.45, 2.75) is 47.2 Å². The number of nitrogens with zero attached hydrogens (tertiary/aromatic N) is 1. The number of hydrogen-bond acceptors (Lipinski definition) is 3. The second kappa shape index (κ2) is 6.72. The van der Waals surface area contributed by atoms with E-state index in [1.807, 2.05) is 6.07 Å². The van der Waals surface area contributed by atoms with Crippen molar-refractivity contribution < 1.29 is 4.74 Å². The lowest BCUT2D eigenvalue weighted by Crippen LogP contribution is -2.22. The van der Waals surface area contributed by atoms with E-state index < -0.39 is 0 Å². The van der Waals surface area contributed by atoms with Crippen LogP contribution in [0.15, 0.2) is 30.6 Å². The molecule has 112 valence electrons. The molecule has 2 aromatic rings. The molecule has 1 aromatic heterocycles. The predicted molar refractivity (Wildman–Crippen MR) is 86.9 cm³/mol. The molecule has 0 saturated carbocycles. The van der Waals surface area contributed by atoms with Crippen LogP contribution in [0.4, 0.5) is 0 Å². The molecule has 3 nitrogen and oxygen atoms in total. The number of hydrogen-bond donors (Lipinski definition) is 1. The monoisotopic (exact) mass is 284 g/mol. The van der Waals surface area contributed by atoms with Gasteiger partial charge in [-0.15, -0.1) is 0 Å². The molecule has 0 aliphatic rings. The van der Waals surface area contributed by atoms with E-state index in [0.29, 0.717) is 6.04 Å². The van der Waals surface area contributed by atoms with Gasteiger partial charge in [-0.1, -0.05) is 26.0 Å². The quantitative estimate of drug-likeness (QED) is 0.889. The molecule has 3 heteroatoms. The number of rotatable bonds is 5. The van der Waals surface area contributed by atoms with Gasteiger partial charge in [0.05, 0.1) is 6.20 Å². The Kier molecular flexibility index (Phi) is 4.97. The van der Waals surface area contributed by atoms with Crippen LogP contribution in [0.2, 0.25) is 0 Å². The third kappa shape index (κ3) is 3.82. The minimum atomic E-state index is 0.438. The standard InChI is InChI=1S/C18H24N2O/c1-12(2)20-10-16-8-9-19-11-17(16)21-18-14(4)7-6-13(3)15(18)5/h6-9,11-12,20H,10H2,1-5H3. The second-order valence-electron chi connectivity index (χ2n) is 5.77. The van der Waals surface area contributed by atoms with Crippen LogP contribution in [-0.4, -0.2) is 11.0 Å². The summed E-state index contributed by atoms with van der Waals surface area (Å²) in [6, 6.07) is 6.67. The molecule has 0 saturated heterocycles.